The Kier molecular flexibility index (Phi) is 3.54. The number of hydrogen-bond acceptors (Lipinski definition) is 2. The predicted molar refractivity (Wildman–Crippen MR) is 85.1 cm³/mol. The maximum Gasteiger partial charge on any atom is 0.177 e. The molecule has 1 fully saturated rings. The molecule has 2 aromatic rings. The van der Waals surface area contributed by atoms with Crippen LogP contribution in [0.1, 0.15) is 19.8 Å². The quantitative estimate of drug-likeness (QED) is 0.840. The lowest BCUT2D eigenvalue weighted by atomic mass is 10.1. The molecule has 1 unspecified atom stereocenters. The first-order valence-corrected chi connectivity index (χ1v) is 8.05. The number of nitrogens with one attached hydrogen (secondary N) is 1. The summed E-state index contributed by atoms with van der Waals surface area (Å²) in [4.78, 5) is 3.20. The van der Waals surface area contributed by atoms with E-state index in [2.05, 4.69) is 52.5 Å². The Morgan fingerprint density at radius 2 is 2.16 bits per heavy atom. The molecule has 3 rings (SSSR count). The molecule has 1 aliphatic heterocycles. The molecule has 1 aromatic carbocycles. The first-order valence-electron chi connectivity index (χ1n) is 6.66. The third-order valence-electron chi connectivity index (χ3n) is 3.73. The zero-order valence-electron chi connectivity index (χ0n) is 11.1. The van der Waals surface area contributed by atoms with Crippen LogP contribution < -0.4 is 0 Å². The highest BCUT2D eigenvalue weighted by atomic mass is 32.2. The number of aromatic amines is 1. The molecular weight excluding hydrogens is 272 g/mol. The van der Waals surface area contributed by atoms with Gasteiger partial charge in [0.1, 0.15) is 0 Å². The van der Waals surface area contributed by atoms with E-state index in [0.29, 0.717) is 4.75 Å². The minimum Gasteiger partial charge on any atom is -0.337 e. The van der Waals surface area contributed by atoms with Crippen molar-refractivity contribution in [2.24, 2.45) is 0 Å². The average molecular weight is 290 g/mol. The van der Waals surface area contributed by atoms with Crippen LogP contribution in [0.5, 0.6) is 0 Å². The number of thioether (sulfide) groups is 1. The Morgan fingerprint density at radius 3 is 2.84 bits per heavy atom. The van der Waals surface area contributed by atoms with Gasteiger partial charge in [-0.25, -0.2) is 0 Å². The van der Waals surface area contributed by atoms with Crippen LogP contribution in [0.4, 0.5) is 0 Å². The fraction of sp³-hybridized carbons (Fsp3) is 0.400. The summed E-state index contributed by atoms with van der Waals surface area (Å²) < 4.78 is 3.40. The summed E-state index contributed by atoms with van der Waals surface area (Å²) in [6.45, 7) is 3.35. The number of hydrogen-bond donors (Lipinski definition) is 1. The molecule has 0 saturated carbocycles. The molecule has 19 heavy (non-hydrogen) atoms. The maximum absolute atomic E-state index is 5.46. The predicted octanol–water partition coefficient (Wildman–Crippen LogP) is 4.50. The number of nitrogens with zero attached hydrogens (tertiary/aromatic N) is 1. The smallest absolute Gasteiger partial charge is 0.177 e. The molecule has 4 heteroatoms. The Labute approximate surface area is 123 Å². The summed E-state index contributed by atoms with van der Waals surface area (Å²) in [7, 11) is 0. The van der Waals surface area contributed by atoms with Crippen molar-refractivity contribution in [3.05, 3.63) is 41.3 Å². The molecule has 1 aliphatic rings. The minimum atomic E-state index is 0.323. The van der Waals surface area contributed by atoms with Crippen LogP contribution in [-0.4, -0.2) is 20.1 Å². The molecule has 1 atom stereocenters. The number of aromatic nitrogens is 2. The molecule has 0 amide bonds. The molecule has 0 spiro atoms. The summed E-state index contributed by atoms with van der Waals surface area (Å²) in [6, 6.07) is 10.5. The fourth-order valence-corrected chi connectivity index (χ4v) is 4.21. The molecule has 0 radical (unpaired) electrons. The Bertz CT molecular complexity index is 607. The molecular formula is C15H18N2S2. The highest BCUT2D eigenvalue weighted by Crippen LogP contribution is 2.39. The van der Waals surface area contributed by atoms with E-state index in [1.807, 2.05) is 12.3 Å². The minimum absolute atomic E-state index is 0.323. The molecule has 1 saturated heterocycles. The second-order valence-corrected chi connectivity index (χ2v) is 7.40. The van der Waals surface area contributed by atoms with E-state index in [9.17, 15) is 0 Å². The molecule has 1 N–H and O–H groups in total. The van der Waals surface area contributed by atoms with E-state index in [0.717, 1.165) is 11.3 Å². The van der Waals surface area contributed by atoms with Gasteiger partial charge in [0.25, 0.3) is 0 Å². The zero-order chi connectivity index (χ0) is 13.3. The largest absolute Gasteiger partial charge is 0.337 e. The van der Waals surface area contributed by atoms with E-state index >= 15 is 0 Å². The van der Waals surface area contributed by atoms with E-state index in [1.165, 1.54) is 29.9 Å². The van der Waals surface area contributed by atoms with Crippen LogP contribution in [0.15, 0.2) is 36.5 Å². The van der Waals surface area contributed by atoms with Crippen LogP contribution in [-0.2, 0) is 6.54 Å². The van der Waals surface area contributed by atoms with Crippen LogP contribution in [0, 0.1) is 4.77 Å². The van der Waals surface area contributed by atoms with Crippen molar-refractivity contribution < 1.29 is 0 Å². The van der Waals surface area contributed by atoms with Gasteiger partial charge in [-0.15, -0.1) is 0 Å². The van der Waals surface area contributed by atoms with Gasteiger partial charge in [-0.1, -0.05) is 30.3 Å². The van der Waals surface area contributed by atoms with Crippen LogP contribution in [0.3, 0.4) is 0 Å². The van der Waals surface area contributed by atoms with Gasteiger partial charge in [0.05, 0.1) is 5.69 Å². The van der Waals surface area contributed by atoms with Gasteiger partial charge in [-0.3, -0.25) is 0 Å². The summed E-state index contributed by atoms with van der Waals surface area (Å²) in [5.74, 6) is 1.27. The molecule has 0 bridgehead atoms. The monoisotopic (exact) mass is 290 g/mol. The summed E-state index contributed by atoms with van der Waals surface area (Å²) >= 11 is 7.53. The lowest BCUT2D eigenvalue weighted by Gasteiger charge is -2.24. The van der Waals surface area contributed by atoms with Crippen molar-refractivity contribution in [2.75, 3.05) is 5.75 Å². The van der Waals surface area contributed by atoms with Gasteiger partial charge >= 0.3 is 0 Å². The lowest BCUT2D eigenvalue weighted by molar-refractivity contribution is 0.510. The SMILES string of the molecule is CC1(Cn2c(-c3ccccc3)c[nH]c2=S)CCCS1. The van der Waals surface area contributed by atoms with Gasteiger partial charge in [0.15, 0.2) is 4.77 Å². The Hall–Kier alpha value is -1.00. The molecule has 2 nitrogen and oxygen atoms in total. The van der Waals surface area contributed by atoms with Gasteiger partial charge < -0.3 is 9.55 Å². The molecule has 1 aromatic heterocycles. The van der Waals surface area contributed by atoms with E-state index in [1.54, 1.807) is 0 Å². The third kappa shape index (κ3) is 2.65. The number of benzene rings is 1. The van der Waals surface area contributed by atoms with Gasteiger partial charge in [-0.05, 0) is 43.3 Å². The molecule has 2 heterocycles. The fourth-order valence-electron chi connectivity index (χ4n) is 2.70. The van der Waals surface area contributed by atoms with Crippen molar-refractivity contribution in [1.82, 2.24) is 9.55 Å². The summed E-state index contributed by atoms with van der Waals surface area (Å²) in [5, 5.41) is 0. The van der Waals surface area contributed by atoms with Crippen molar-refractivity contribution in [3.63, 3.8) is 0 Å². The van der Waals surface area contributed by atoms with Gasteiger partial charge in [-0.2, -0.15) is 11.8 Å². The van der Waals surface area contributed by atoms with Gasteiger partial charge in [0, 0.05) is 17.5 Å². The summed E-state index contributed by atoms with van der Waals surface area (Å²) in [6.07, 6.45) is 4.62. The first-order chi connectivity index (χ1) is 9.18. The van der Waals surface area contributed by atoms with Crippen molar-refractivity contribution in [1.29, 1.82) is 0 Å². The highest BCUT2D eigenvalue weighted by Gasteiger charge is 2.30. The standard InChI is InChI=1S/C15H18N2S2/c1-15(8-5-9-19-15)11-17-13(10-16-14(17)18)12-6-3-2-4-7-12/h2-4,6-7,10H,5,8-9,11H2,1H3,(H,16,18). The zero-order valence-corrected chi connectivity index (χ0v) is 12.7. The molecule has 0 aliphatic carbocycles. The van der Waals surface area contributed by atoms with E-state index in [4.69, 9.17) is 12.2 Å². The van der Waals surface area contributed by atoms with Crippen LogP contribution in [0.25, 0.3) is 11.3 Å². The topological polar surface area (TPSA) is 20.7 Å². The second-order valence-electron chi connectivity index (χ2n) is 5.33. The van der Waals surface area contributed by atoms with Gasteiger partial charge in [0.2, 0.25) is 0 Å². The molecule has 100 valence electrons. The highest BCUT2D eigenvalue weighted by molar-refractivity contribution is 8.00. The van der Waals surface area contributed by atoms with Crippen molar-refractivity contribution >= 4 is 24.0 Å². The Balaban J connectivity index is 1.98. The maximum atomic E-state index is 5.46. The van der Waals surface area contributed by atoms with Crippen LogP contribution >= 0.6 is 24.0 Å². The lowest BCUT2D eigenvalue weighted by Crippen LogP contribution is -2.24. The van der Waals surface area contributed by atoms with Crippen LogP contribution in [0.2, 0.25) is 0 Å². The second kappa shape index (κ2) is 5.17. The number of imidazole rings is 1. The summed E-state index contributed by atoms with van der Waals surface area (Å²) in [5.41, 5.74) is 2.42. The Morgan fingerprint density at radius 1 is 1.37 bits per heavy atom. The number of H-pyrrole nitrogens is 1. The average Bonchev–Trinajstić information content (AvgIpc) is 2.99. The van der Waals surface area contributed by atoms with E-state index < -0.39 is 0 Å². The van der Waals surface area contributed by atoms with E-state index in [-0.39, 0.29) is 0 Å². The van der Waals surface area contributed by atoms with Crippen molar-refractivity contribution in [3.8, 4) is 11.3 Å². The normalized spacial score (nSPS) is 22.8. The number of rotatable bonds is 3. The van der Waals surface area contributed by atoms with Crippen molar-refractivity contribution in [2.45, 2.75) is 31.1 Å². The first kappa shape index (κ1) is 13.0. The third-order valence-corrected chi connectivity index (χ3v) is 5.59.